The minimum atomic E-state index is -4.67. The molecule has 0 spiro atoms. The Morgan fingerprint density at radius 1 is 1.18 bits per heavy atom. The lowest BCUT2D eigenvalue weighted by Crippen LogP contribution is -2.08. The van der Waals surface area contributed by atoms with Gasteiger partial charge in [0.1, 0.15) is 18.1 Å². The van der Waals surface area contributed by atoms with Crippen LogP contribution in [0, 0.1) is 0 Å². The summed E-state index contributed by atoms with van der Waals surface area (Å²) >= 11 is 6.18. The van der Waals surface area contributed by atoms with Crippen LogP contribution in [0.3, 0.4) is 0 Å². The second kappa shape index (κ2) is 8.67. The fraction of sp³-hybridized carbons (Fsp3) is 0.130. The standard InChI is InChI=1S/C23H16ClF3N2O4/c1-29-10-9-14(11-29)21-16(12-32-15-7-5-13(6-8-15)22(30)31)20(28-33-21)19-17(23(25,26)27)3-2-4-18(19)24/h2-11H,12H2,1H3,(H,30,31). The fourth-order valence-corrected chi connectivity index (χ4v) is 3.62. The van der Waals surface area contributed by atoms with E-state index >= 15 is 0 Å². The molecule has 0 aliphatic rings. The van der Waals surface area contributed by atoms with Gasteiger partial charge in [-0.25, -0.2) is 4.79 Å². The number of aromatic nitrogens is 2. The van der Waals surface area contributed by atoms with E-state index in [0.717, 1.165) is 6.07 Å². The summed E-state index contributed by atoms with van der Waals surface area (Å²) in [6, 6.07) is 10.8. The van der Waals surface area contributed by atoms with Crippen molar-refractivity contribution in [1.82, 2.24) is 9.72 Å². The number of carboxylic acid groups (broad SMARTS) is 1. The van der Waals surface area contributed by atoms with Crippen LogP contribution in [0.15, 0.2) is 65.4 Å². The zero-order valence-corrected chi connectivity index (χ0v) is 17.8. The van der Waals surface area contributed by atoms with E-state index in [1.54, 1.807) is 30.1 Å². The Kier molecular flexibility index (Phi) is 5.90. The molecule has 33 heavy (non-hydrogen) atoms. The van der Waals surface area contributed by atoms with Crippen LogP contribution in [0.25, 0.3) is 22.6 Å². The van der Waals surface area contributed by atoms with Gasteiger partial charge in [-0.1, -0.05) is 22.8 Å². The molecule has 0 atom stereocenters. The van der Waals surface area contributed by atoms with E-state index in [0.29, 0.717) is 11.3 Å². The molecule has 6 nitrogen and oxygen atoms in total. The first kappa shape index (κ1) is 22.5. The second-order valence-corrected chi connectivity index (χ2v) is 7.59. The molecule has 0 unspecified atom stereocenters. The molecule has 0 aliphatic carbocycles. The molecule has 2 aromatic carbocycles. The van der Waals surface area contributed by atoms with Gasteiger partial charge < -0.3 is 18.9 Å². The van der Waals surface area contributed by atoms with Crippen molar-refractivity contribution in [3.63, 3.8) is 0 Å². The zero-order chi connectivity index (χ0) is 23.8. The first-order chi connectivity index (χ1) is 15.6. The van der Waals surface area contributed by atoms with Gasteiger partial charge in [-0.2, -0.15) is 13.2 Å². The van der Waals surface area contributed by atoms with Gasteiger partial charge in [-0.15, -0.1) is 0 Å². The molecule has 0 saturated carbocycles. The Morgan fingerprint density at radius 2 is 1.91 bits per heavy atom. The molecular weight excluding hydrogens is 461 g/mol. The molecule has 0 radical (unpaired) electrons. The summed E-state index contributed by atoms with van der Waals surface area (Å²) < 4.78 is 54.2. The summed E-state index contributed by atoms with van der Waals surface area (Å²) in [5, 5.41) is 12.8. The molecule has 2 heterocycles. The van der Waals surface area contributed by atoms with Gasteiger partial charge in [0.2, 0.25) is 0 Å². The highest BCUT2D eigenvalue weighted by molar-refractivity contribution is 6.33. The molecule has 0 saturated heterocycles. The second-order valence-electron chi connectivity index (χ2n) is 7.18. The molecule has 4 rings (SSSR count). The number of hydrogen-bond acceptors (Lipinski definition) is 4. The van der Waals surface area contributed by atoms with Crippen molar-refractivity contribution in [3.05, 3.63) is 82.6 Å². The maximum absolute atomic E-state index is 13.7. The summed E-state index contributed by atoms with van der Waals surface area (Å²) in [7, 11) is 1.79. The van der Waals surface area contributed by atoms with Gasteiger partial charge in [0.25, 0.3) is 0 Å². The highest BCUT2D eigenvalue weighted by atomic mass is 35.5. The first-order valence-electron chi connectivity index (χ1n) is 9.58. The SMILES string of the molecule is Cn1ccc(-c2onc(-c3c(Cl)cccc3C(F)(F)F)c2COc2ccc(C(=O)O)cc2)c1. The molecule has 0 bridgehead atoms. The third-order valence-electron chi connectivity index (χ3n) is 4.92. The van der Waals surface area contributed by atoms with Crippen LogP contribution in [-0.4, -0.2) is 20.8 Å². The molecular formula is C23H16ClF3N2O4. The predicted octanol–water partition coefficient (Wildman–Crippen LogP) is 6.30. The number of nitrogens with zero attached hydrogens (tertiary/aromatic N) is 2. The zero-order valence-electron chi connectivity index (χ0n) is 17.1. The first-order valence-corrected chi connectivity index (χ1v) is 9.96. The summed E-state index contributed by atoms with van der Waals surface area (Å²) in [5.74, 6) is -0.533. The van der Waals surface area contributed by atoms with Crippen LogP contribution < -0.4 is 4.74 Å². The normalized spacial score (nSPS) is 11.5. The number of halogens is 4. The Labute approximate surface area is 190 Å². The monoisotopic (exact) mass is 476 g/mol. The number of alkyl halides is 3. The van der Waals surface area contributed by atoms with E-state index in [4.69, 9.17) is 26.0 Å². The van der Waals surface area contributed by atoms with Gasteiger partial charge in [0.15, 0.2) is 5.76 Å². The van der Waals surface area contributed by atoms with Crippen LogP contribution in [-0.2, 0) is 19.8 Å². The lowest BCUT2D eigenvalue weighted by atomic mass is 9.99. The van der Waals surface area contributed by atoms with Gasteiger partial charge in [0.05, 0.1) is 21.7 Å². The summed E-state index contributed by atoms with van der Waals surface area (Å²) in [6.07, 6.45) is -1.19. The molecule has 1 N–H and O–H groups in total. The number of aryl methyl sites for hydroxylation is 1. The molecule has 0 amide bonds. The smallest absolute Gasteiger partial charge is 0.417 e. The van der Waals surface area contributed by atoms with Crippen LogP contribution in [0.4, 0.5) is 13.2 Å². The van der Waals surface area contributed by atoms with E-state index in [1.807, 2.05) is 0 Å². The van der Waals surface area contributed by atoms with E-state index in [-0.39, 0.29) is 39.8 Å². The van der Waals surface area contributed by atoms with Gasteiger partial charge in [-0.05, 0) is 42.5 Å². The van der Waals surface area contributed by atoms with Crippen LogP contribution in [0.5, 0.6) is 5.75 Å². The fourth-order valence-electron chi connectivity index (χ4n) is 3.35. The molecule has 2 aromatic heterocycles. The Bertz CT molecular complexity index is 1310. The highest BCUT2D eigenvalue weighted by Gasteiger charge is 2.37. The van der Waals surface area contributed by atoms with Gasteiger partial charge in [-0.3, -0.25) is 0 Å². The van der Waals surface area contributed by atoms with Crippen molar-refractivity contribution in [2.24, 2.45) is 7.05 Å². The molecule has 0 fully saturated rings. The van der Waals surface area contributed by atoms with E-state index in [2.05, 4.69) is 5.16 Å². The minimum Gasteiger partial charge on any atom is -0.489 e. The Balaban J connectivity index is 1.80. The number of rotatable bonds is 6. The molecule has 10 heteroatoms. The van der Waals surface area contributed by atoms with Crippen LogP contribution in [0.1, 0.15) is 21.5 Å². The largest absolute Gasteiger partial charge is 0.489 e. The van der Waals surface area contributed by atoms with Crippen molar-refractivity contribution >= 4 is 17.6 Å². The lowest BCUT2D eigenvalue weighted by Gasteiger charge is -2.14. The number of hydrogen-bond donors (Lipinski definition) is 1. The topological polar surface area (TPSA) is 77.5 Å². The number of aromatic carboxylic acids is 1. The maximum Gasteiger partial charge on any atom is 0.417 e. The van der Waals surface area contributed by atoms with E-state index < -0.39 is 17.7 Å². The number of carbonyl (C=O) groups is 1. The van der Waals surface area contributed by atoms with Crippen LogP contribution in [0.2, 0.25) is 5.02 Å². The lowest BCUT2D eigenvalue weighted by molar-refractivity contribution is -0.137. The average Bonchev–Trinajstić information content (AvgIpc) is 3.37. The third-order valence-corrected chi connectivity index (χ3v) is 5.24. The van der Waals surface area contributed by atoms with Crippen molar-refractivity contribution < 1.29 is 32.3 Å². The molecule has 4 aromatic rings. The van der Waals surface area contributed by atoms with Gasteiger partial charge in [0, 0.05) is 30.6 Å². The van der Waals surface area contributed by atoms with E-state index in [9.17, 15) is 18.0 Å². The number of ether oxygens (including phenoxy) is 1. The van der Waals surface area contributed by atoms with Crippen molar-refractivity contribution in [3.8, 4) is 28.3 Å². The number of benzene rings is 2. The quantitative estimate of drug-likeness (QED) is 0.353. The van der Waals surface area contributed by atoms with Crippen molar-refractivity contribution in [1.29, 1.82) is 0 Å². The Morgan fingerprint density at radius 3 is 2.52 bits per heavy atom. The van der Waals surface area contributed by atoms with Crippen molar-refractivity contribution in [2.75, 3.05) is 0 Å². The maximum atomic E-state index is 13.7. The summed E-state index contributed by atoms with van der Waals surface area (Å²) in [5.41, 5.74) is -0.413. The van der Waals surface area contributed by atoms with Gasteiger partial charge >= 0.3 is 12.1 Å². The number of carboxylic acids is 1. The molecule has 170 valence electrons. The average molecular weight is 477 g/mol. The molecule has 0 aliphatic heterocycles. The van der Waals surface area contributed by atoms with Crippen molar-refractivity contribution in [2.45, 2.75) is 12.8 Å². The summed E-state index contributed by atoms with van der Waals surface area (Å²) in [4.78, 5) is 11.0. The van der Waals surface area contributed by atoms with Crippen LogP contribution >= 0.6 is 11.6 Å². The minimum absolute atomic E-state index is 0.0730. The predicted molar refractivity (Wildman–Crippen MR) is 114 cm³/mol. The van der Waals surface area contributed by atoms with E-state index in [1.165, 1.54) is 36.4 Å². The Hall–Kier alpha value is -3.72. The highest BCUT2D eigenvalue weighted by Crippen LogP contribution is 2.43. The third kappa shape index (κ3) is 4.58. The summed E-state index contributed by atoms with van der Waals surface area (Å²) in [6.45, 7) is -0.196.